The number of carbonyl (C=O) groups is 2. The highest BCUT2D eigenvalue weighted by Crippen LogP contribution is 2.37. The van der Waals surface area contributed by atoms with E-state index in [-0.39, 0.29) is 17.4 Å². The zero-order valence-electron chi connectivity index (χ0n) is 19.5. The Kier molecular flexibility index (Phi) is 7.23. The number of allylic oxidation sites excluding steroid dienone is 1. The summed E-state index contributed by atoms with van der Waals surface area (Å²) in [4.78, 5) is 44.3. The van der Waals surface area contributed by atoms with Crippen molar-refractivity contribution in [2.75, 3.05) is 10.6 Å². The number of thiophene rings is 1. The largest absolute Gasteiger partial charge is 0.326 e. The fraction of sp³-hybridized carbons (Fsp3) is 0.360. The Morgan fingerprint density at radius 2 is 1.97 bits per heavy atom. The number of fused-ring (bicyclic) bond motifs is 3. The first-order chi connectivity index (χ1) is 16.3. The zero-order valence-corrected chi connectivity index (χ0v) is 21.1. The third-order valence-electron chi connectivity index (χ3n) is 5.82. The summed E-state index contributed by atoms with van der Waals surface area (Å²) < 4.78 is 1.62. The Bertz CT molecular complexity index is 1310. The Labute approximate surface area is 206 Å². The number of amides is 2. The van der Waals surface area contributed by atoms with Crippen LogP contribution >= 0.6 is 23.1 Å². The molecule has 2 amide bonds. The molecule has 34 heavy (non-hydrogen) atoms. The Hall–Kier alpha value is -2.91. The van der Waals surface area contributed by atoms with Crippen molar-refractivity contribution in [1.29, 1.82) is 0 Å². The van der Waals surface area contributed by atoms with E-state index >= 15 is 0 Å². The van der Waals surface area contributed by atoms with Crippen molar-refractivity contribution in [3.05, 3.63) is 57.7 Å². The lowest BCUT2D eigenvalue weighted by Gasteiger charge is -2.18. The maximum absolute atomic E-state index is 13.4. The Morgan fingerprint density at radius 3 is 2.62 bits per heavy atom. The molecule has 2 aromatic heterocycles. The van der Waals surface area contributed by atoms with Gasteiger partial charge in [-0.15, -0.1) is 17.9 Å². The van der Waals surface area contributed by atoms with Gasteiger partial charge >= 0.3 is 0 Å². The number of aryl methyl sites for hydroxylation is 1. The molecular weight excluding hydrogens is 468 g/mol. The van der Waals surface area contributed by atoms with Gasteiger partial charge in [0.25, 0.3) is 5.56 Å². The van der Waals surface area contributed by atoms with E-state index in [1.165, 1.54) is 23.6 Å². The van der Waals surface area contributed by atoms with Gasteiger partial charge in [0.15, 0.2) is 5.16 Å². The van der Waals surface area contributed by atoms with Crippen LogP contribution in [-0.2, 0) is 29.0 Å². The van der Waals surface area contributed by atoms with E-state index in [1.54, 1.807) is 53.2 Å². The number of benzene rings is 1. The highest BCUT2D eigenvalue weighted by molar-refractivity contribution is 8.00. The molecule has 1 aliphatic carbocycles. The van der Waals surface area contributed by atoms with E-state index in [0.29, 0.717) is 29.0 Å². The maximum Gasteiger partial charge on any atom is 0.263 e. The molecular formula is C25H28N4O3S2. The minimum absolute atomic E-state index is 0.0550. The molecule has 2 atom stereocenters. The molecule has 3 aromatic rings. The monoisotopic (exact) mass is 496 g/mol. The second kappa shape index (κ2) is 10.1. The van der Waals surface area contributed by atoms with Crippen LogP contribution in [0, 0.1) is 5.92 Å². The minimum Gasteiger partial charge on any atom is -0.326 e. The number of hydrogen-bond donors (Lipinski definition) is 2. The van der Waals surface area contributed by atoms with Crippen LogP contribution in [0.1, 0.15) is 37.6 Å². The first-order valence-electron chi connectivity index (χ1n) is 11.3. The van der Waals surface area contributed by atoms with Crippen molar-refractivity contribution < 1.29 is 9.59 Å². The number of anilines is 2. The Balaban J connectivity index is 1.57. The molecule has 0 saturated carbocycles. The fourth-order valence-electron chi connectivity index (χ4n) is 4.08. The molecule has 1 aromatic carbocycles. The molecule has 2 unspecified atom stereocenters. The molecule has 0 fully saturated rings. The van der Waals surface area contributed by atoms with Crippen LogP contribution in [0.5, 0.6) is 0 Å². The normalized spacial score (nSPS) is 16.0. The van der Waals surface area contributed by atoms with E-state index in [1.807, 2.05) is 0 Å². The molecule has 1 aliphatic rings. The summed E-state index contributed by atoms with van der Waals surface area (Å²) in [6.07, 6.45) is 4.66. The summed E-state index contributed by atoms with van der Waals surface area (Å²) in [5, 5.41) is 6.35. The highest BCUT2D eigenvalue weighted by atomic mass is 32.2. The SMILES string of the molecule is C=CCn1c(SC(C)C(=O)Nc2ccc(NC(C)=O)cc2)nc2sc3c(c2c1=O)CCC(C)C3. The van der Waals surface area contributed by atoms with Gasteiger partial charge in [0.2, 0.25) is 11.8 Å². The van der Waals surface area contributed by atoms with Gasteiger partial charge in [-0.2, -0.15) is 0 Å². The molecule has 178 valence electrons. The van der Waals surface area contributed by atoms with Crippen LogP contribution in [0.3, 0.4) is 0 Å². The summed E-state index contributed by atoms with van der Waals surface area (Å²) in [6, 6.07) is 6.92. The number of aromatic nitrogens is 2. The van der Waals surface area contributed by atoms with Crippen molar-refractivity contribution in [2.45, 2.75) is 57.0 Å². The first-order valence-corrected chi connectivity index (χ1v) is 13.0. The fourth-order valence-corrected chi connectivity index (χ4v) is 6.42. The number of thioether (sulfide) groups is 1. The standard InChI is InChI=1S/C25H28N4O3S2/c1-5-12-29-24(32)21-19-11-6-14(2)13-20(19)34-23(21)28-25(29)33-15(3)22(31)27-18-9-7-17(8-10-18)26-16(4)30/h5,7-10,14-15H,1,6,11-13H2,2-4H3,(H,26,30)(H,27,31). The van der Waals surface area contributed by atoms with Crippen molar-refractivity contribution in [1.82, 2.24) is 9.55 Å². The second-order valence-corrected chi connectivity index (χ2v) is 11.0. The van der Waals surface area contributed by atoms with E-state index in [2.05, 4.69) is 24.1 Å². The molecule has 2 N–H and O–H groups in total. The summed E-state index contributed by atoms with van der Waals surface area (Å²) in [7, 11) is 0. The lowest BCUT2D eigenvalue weighted by molar-refractivity contribution is -0.115. The summed E-state index contributed by atoms with van der Waals surface area (Å²) in [5.74, 6) is 0.259. The number of nitrogens with zero attached hydrogens (tertiary/aromatic N) is 2. The lowest BCUT2D eigenvalue weighted by atomic mass is 9.89. The van der Waals surface area contributed by atoms with Gasteiger partial charge in [0, 0.05) is 29.7 Å². The van der Waals surface area contributed by atoms with Crippen molar-refractivity contribution in [3.8, 4) is 0 Å². The number of hydrogen-bond acceptors (Lipinski definition) is 6. The quantitative estimate of drug-likeness (QED) is 0.277. The summed E-state index contributed by atoms with van der Waals surface area (Å²) >= 11 is 2.87. The van der Waals surface area contributed by atoms with Gasteiger partial charge in [-0.05, 0) is 61.9 Å². The highest BCUT2D eigenvalue weighted by Gasteiger charge is 2.26. The molecule has 0 spiro atoms. The molecule has 0 radical (unpaired) electrons. The topological polar surface area (TPSA) is 93.1 Å². The van der Waals surface area contributed by atoms with Crippen molar-refractivity contribution >= 4 is 56.5 Å². The predicted octanol–water partition coefficient (Wildman–Crippen LogP) is 4.85. The first kappa shape index (κ1) is 24.2. The number of rotatable bonds is 7. The molecule has 2 heterocycles. The molecule has 0 aliphatic heterocycles. The van der Waals surface area contributed by atoms with E-state index < -0.39 is 5.25 Å². The number of nitrogens with one attached hydrogen (secondary N) is 2. The third kappa shape index (κ3) is 5.10. The van der Waals surface area contributed by atoms with Gasteiger partial charge in [-0.1, -0.05) is 24.8 Å². The van der Waals surface area contributed by atoms with Gasteiger partial charge in [-0.25, -0.2) is 4.98 Å². The van der Waals surface area contributed by atoms with E-state index in [4.69, 9.17) is 4.98 Å². The average Bonchev–Trinajstić information content (AvgIpc) is 3.14. The zero-order chi connectivity index (χ0) is 24.4. The molecule has 9 heteroatoms. The van der Waals surface area contributed by atoms with E-state index in [0.717, 1.165) is 35.0 Å². The third-order valence-corrected chi connectivity index (χ3v) is 8.05. The lowest BCUT2D eigenvalue weighted by Crippen LogP contribution is -2.27. The number of carbonyl (C=O) groups excluding carboxylic acids is 2. The maximum atomic E-state index is 13.4. The van der Waals surface area contributed by atoms with E-state index in [9.17, 15) is 14.4 Å². The van der Waals surface area contributed by atoms with Crippen LogP contribution in [0.25, 0.3) is 10.2 Å². The Morgan fingerprint density at radius 1 is 1.29 bits per heavy atom. The van der Waals surface area contributed by atoms with Gasteiger partial charge < -0.3 is 10.6 Å². The molecule has 0 saturated heterocycles. The molecule has 4 rings (SSSR count). The average molecular weight is 497 g/mol. The second-order valence-electron chi connectivity index (χ2n) is 8.64. The molecule has 0 bridgehead atoms. The van der Waals surface area contributed by atoms with Crippen molar-refractivity contribution in [2.24, 2.45) is 5.92 Å². The van der Waals surface area contributed by atoms with Crippen LogP contribution in [0.4, 0.5) is 11.4 Å². The van der Waals surface area contributed by atoms with Crippen LogP contribution in [0.2, 0.25) is 0 Å². The summed E-state index contributed by atoms with van der Waals surface area (Å²) in [5.41, 5.74) is 2.38. The van der Waals surface area contributed by atoms with Gasteiger partial charge in [-0.3, -0.25) is 19.0 Å². The van der Waals surface area contributed by atoms with Crippen LogP contribution < -0.4 is 16.2 Å². The van der Waals surface area contributed by atoms with Crippen molar-refractivity contribution in [3.63, 3.8) is 0 Å². The van der Waals surface area contributed by atoms with Crippen LogP contribution in [0.15, 0.2) is 46.9 Å². The summed E-state index contributed by atoms with van der Waals surface area (Å²) in [6.45, 7) is 9.61. The van der Waals surface area contributed by atoms with Gasteiger partial charge in [0.1, 0.15) is 4.83 Å². The smallest absolute Gasteiger partial charge is 0.263 e. The van der Waals surface area contributed by atoms with Gasteiger partial charge in [0.05, 0.1) is 10.6 Å². The molecule has 7 nitrogen and oxygen atoms in total. The minimum atomic E-state index is -0.481. The predicted molar refractivity (Wildman–Crippen MR) is 140 cm³/mol. The van der Waals surface area contributed by atoms with Crippen LogP contribution in [-0.4, -0.2) is 26.6 Å².